The molecule has 1 aromatic carbocycles. The average molecular weight is 205 g/mol. The molecule has 0 bridgehead atoms. The highest BCUT2D eigenvalue weighted by Gasteiger charge is 2.10. The quantitative estimate of drug-likeness (QED) is 0.782. The maximum Gasteiger partial charge on any atom is 0.307 e. The lowest BCUT2D eigenvalue weighted by Crippen LogP contribution is -2.03. The zero-order chi connectivity index (χ0) is 11.4. The second kappa shape index (κ2) is 4.47. The predicted molar refractivity (Wildman–Crippen MR) is 53.5 cm³/mol. The van der Waals surface area contributed by atoms with Gasteiger partial charge >= 0.3 is 5.97 Å². The Bertz CT molecular complexity index is 432. The molecule has 1 rings (SSSR count). The number of carboxylic acids is 1. The number of hydrogen-bond acceptors (Lipinski definition) is 3. The monoisotopic (exact) mass is 205 g/mol. The molecule has 0 aliphatic carbocycles. The van der Waals surface area contributed by atoms with Crippen LogP contribution in [0.15, 0.2) is 12.1 Å². The second-order valence-electron chi connectivity index (χ2n) is 3.17. The van der Waals surface area contributed by atoms with Gasteiger partial charge in [-0.1, -0.05) is 6.92 Å². The summed E-state index contributed by atoms with van der Waals surface area (Å²) in [6, 6.07) is 4.82. The largest absolute Gasteiger partial charge is 0.508 e. The normalized spacial score (nSPS) is 9.60. The fourth-order valence-corrected chi connectivity index (χ4v) is 1.37. The van der Waals surface area contributed by atoms with E-state index in [0.717, 1.165) is 0 Å². The Morgan fingerprint density at radius 2 is 2.13 bits per heavy atom. The minimum absolute atomic E-state index is 0.0488. The van der Waals surface area contributed by atoms with E-state index >= 15 is 0 Å². The molecule has 0 spiro atoms. The number of aliphatic carboxylic acids is 1. The lowest BCUT2D eigenvalue weighted by Gasteiger charge is -2.06. The first-order valence-corrected chi connectivity index (χ1v) is 4.55. The van der Waals surface area contributed by atoms with Crippen LogP contribution in [0, 0.1) is 11.3 Å². The van der Waals surface area contributed by atoms with Crippen LogP contribution in [0.2, 0.25) is 0 Å². The van der Waals surface area contributed by atoms with E-state index in [2.05, 4.69) is 0 Å². The number of hydrogen-bond donors (Lipinski definition) is 2. The van der Waals surface area contributed by atoms with Crippen molar-refractivity contribution < 1.29 is 15.0 Å². The summed E-state index contributed by atoms with van der Waals surface area (Å²) in [4.78, 5) is 10.5. The second-order valence-corrected chi connectivity index (χ2v) is 3.17. The summed E-state index contributed by atoms with van der Waals surface area (Å²) in [6.07, 6.45) is 0.355. The summed E-state index contributed by atoms with van der Waals surface area (Å²) < 4.78 is 0. The van der Waals surface area contributed by atoms with Crippen molar-refractivity contribution in [2.45, 2.75) is 19.8 Å². The van der Waals surface area contributed by atoms with Crippen LogP contribution in [0.4, 0.5) is 0 Å². The number of benzene rings is 1. The molecular formula is C11H11NO3. The number of aromatic hydroxyl groups is 1. The summed E-state index contributed by atoms with van der Waals surface area (Å²) in [7, 11) is 0. The number of carboxylic acid groups (broad SMARTS) is 1. The molecule has 0 radical (unpaired) electrons. The van der Waals surface area contributed by atoms with Gasteiger partial charge in [0.1, 0.15) is 5.75 Å². The summed E-state index contributed by atoms with van der Waals surface area (Å²) in [5.74, 6) is -0.970. The third kappa shape index (κ3) is 2.47. The van der Waals surface area contributed by atoms with Crippen molar-refractivity contribution in [1.82, 2.24) is 0 Å². The van der Waals surface area contributed by atoms with Gasteiger partial charge in [0, 0.05) is 0 Å². The average Bonchev–Trinajstić information content (AvgIpc) is 2.17. The Morgan fingerprint density at radius 3 is 2.60 bits per heavy atom. The zero-order valence-corrected chi connectivity index (χ0v) is 8.32. The van der Waals surface area contributed by atoms with Gasteiger partial charge in [0.25, 0.3) is 0 Å². The molecule has 0 fully saturated rings. The first-order chi connectivity index (χ1) is 7.08. The number of phenolic OH excluding ortho intramolecular Hbond substituents is 1. The van der Waals surface area contributed by atoms with Crippen LogP contribution < -0.4 is 0 Å². The summed E-state index contributed by atoms with van der Waals surface area (Å²) in [5, 5.41) is 27.0. The van der Waals surface area contributed by atoms with Crippen LogP contribution in [-0.4, -0.2) is 16.2 Å². The highest BCUT2D eigenvalue weighted by Crippen LogP contribution is 2.23. The molecule has 0 aromatic heterocycles. The first-order valence-electron chi connectivity index (χ1n) is 4.55. The van der Waals surface area contributed by atoms with Gasteiger partial charge in [-0.25, -0.2) is 0 Å². The Kier molecular flexibility index (Phi) is 3.29. The van der Waals surface area contributed by atoms with E-state index in [1.165, 1.54) is 12.1 Å². The van der Waals surface area contributed by atoms with E-state index < -0.39 is 5.97 Å². The number of nitrogens with zero attached hydrogens (tertiary/aromatic N) is 1. The lowest BCUT2D eigenvalue weighted by atomic mass is 10.00. The SMILES string of the molecule is CCc1cc(C#N)c(CC(=O)O)cc1O. The first kappa shape index (κ1) is 11.1. The maximum atomic E-state index is 10.5. The van der Waals surface area contributed by atoms with Crippen LogP contribution in [0.3, 0.4) is 0 Å². The van der Waals surface area contributed by atoms with E-state index in [4.69, 9.17) is 10.4 Å². The van der Waals surface area contributed by atoms with Crippen LogP contribution in [0.1, 0.15) is 23.6 Å². The van der Waals surface area contributed by atoms with Crippen molar-refractivity contribution >= 4 is 5.97 Å². The smallest absolute Gasteiger partial charge is 0.307 e. The third-order valence-corrected chi connectivity index (χ3v) is 2.15. The molecule has 0 unspecified atom stereocenters. The number of nitriles is 1. The summed E-state index contributed by atoms with van der Waals surface area (Å²) >= 11 is 0. The lowest BCUT2D eigenvalue weighted by molar-refractivity contribution is -0.136. The maximum absolute atomic E-state index is 10.5. The Morgan fingerprint density at radius 1 is 1.47 bits per heavy atom. The van der Waals surface area contributed by atoms with Crippen LogP contribution in [-0.2, 0) is 17.6 Å². The van der Waals surface area contributed by atoms with Crippen molar-refractivity contribution in [2.24, 2.45) is 0 Å². The van der Waals surface area contributed by atoms with Crippen molar-refractivity contribution in [3.05, 3.63) is 28.8 Å². The van der Waals surface area contributed by atoms with E-state index in [-0.39, 0.29) is 12.2 Å². The Balaban J connectivity index is 3.22. The van der Waals surface area contributed by atoms with Gasteiger partial charge in [-0.05, 0) is 29.7 Å². The minimum atomic E-state index is -1.02. The number of carbonyl (C=O) groups is 1. The number of aryl methyl sites for hydroxylation is 1. The molecule has 0 aliphatic heterocycles. The highest BCUT2D eigenvalue weighted by molar-refractivity contribution is 5.72. The van der Waals surface area contributed by atoms with E-state index in [1.807, 2.05) is 13.0 Å². The molecular weight excluding hydrogens is 194 g/mol. The Labute approximate surface area is 87.4 Å². The van der Waals surface area contributed by atoms with Gasteiger partial charge in [0.2, 0.25) is 0 Å². The molecule has 15 heavy (non-hydrogen) atoms. The van der Waals surface area contributed by atoms with Crippen LogP contribution >= 0.6 is 0 Å². The minimum Gasteiger partial charge on any atom is -0.508 e. The third-order valence-electron chi connectivity index (χ3n) is 2.15. The van der Waals surface area contributed by atoms with Crippen molar-refractivity contribution in [3.63, 3.8) is 0 Å². The highest BCUT2D eigenvalue weighted by atomic mass is 16.4. The molecule has 78 valence electrons. The van der Waals surface area contributed by atoms with E-state index in [9.17, 15) is 9.90 Å². The number of phenols is 1. The van der Waals surface area contributed by atoms with Crippen molar-refractivity contribution in [3.8, 4) is 11.8 Å². The fraction of sp³-hybridized carbons (Fsp3) is 0.273. The van der Waals surface area contributed by atoms with Gasteiger partial charge in [-0.15, -0.1) is 0 Å². The van der Waals surface area contributed by atoms with Gasteiger partial charge in [0.05, 0.1) is 18.1 Å². The Hall–Kier alpha value is -2.02. The zero-order valence-electron chi connectivity index (χ0n) is 8.32. The topological polar surface area (TPSA) is 81.3 Å². The standard InChI is InChI=1S/C11H11NO3/c1-2-7-3-9(6-12)8(4-10(7)13)5-11(14)15/h3-4,13H,2,5H2,1H3,(H,14,15). The molecule has 0 heterocycles. The van der Waals surface area contributed by atoms with E-state index in [1.54, 1.807) is 0 Å². The summed E-state index contributed by atoms with van der Waals surface area (Å²) in [5.41, 5.74) is 1.31. The molecule has 0 saturated carbocycles. The molecule has 4 heteroatoms. The molecule has 2 N–H and O–H groups in total. The molecule has 1 aromatic rings. The summed E-state index contributed by atoms with van der Waals surface area (Å²) in [6.45, 7) is 1.85. The van der Waals surface area contributed by atoms with Crippen molar-refractivity contribution in [2.75, 3.05) is 0 Å². The molecule has 0 aliphatic rings. The van der Waals surface area contributed by atoms with Gasteiger partial charge in [0.15, 0.2) is 0 Å². The van der Waals surface area contributed by atoms with E-state index in [0.29, 0.717) is 23.1 Å². The fourth-order valence-electron chi connectivity index (χ4n) is 1.37. The molecule has 0 saturated heterocycles. The molecule has 0 amide bonds. The van der Waals surface area contributed by atoms with Crippen LogP contribution in [0.25, 0.3) is 0 Å². The van der Waals surface area contributed by atoms with Crippen LogP contribution in [0.5, 0.6) is 5.75 Å². The predicted octanol–water partition coefficient (Wildman–Crippen LogP) is 1.45. The van der Waals surface area contributed by atoms with Gasteiger partial charge in [-0.3, -0.25) is 4.79 Å². The molecule has 4 nitrogen and oxygen atoms in total. The molecule has 0 atom stereocenters. The van der Waals surface area contributed by atoms with Gasteiger partial charge < -0.3 is 10.2 Å². The number of rotatable bonds is 3. The van der Waals surface area contributed by atoms with Gasteiger partial charge in [-0.2, -0.15) is 5.26 Å². The van der Waals surface area contributed by atoms with Crippen molar-refractivity contribution in [1.29, 1.82) is 5.26 Å².